The molecule has 2 aromatic carbocycles. The molecule has 0 spiro atoms. The number of halogens is 1. The van der Waals surface area contributed by atoms with Crippen molar-refractivity contribution < 1.29 is 0 Å². The van der Waals surface area contributed by atoms with E-state index >= 15 is 0 Å². The number of hydrogen-bond donors (Lipinski definition) is 1. The minimum Gasteiger partial charge on any atom is -0.373 e. The maximum Gasteiger partial charge on any atom is 0.175 e. The first kappa shape index (κ1) is 13.3. The summed E-state index contributed by atoms with van der Waals surface area (Å²) in [5, 5.41) is 3.06. The third kappa shape index (κ3) is 3.42. The molecule has 0 heterocycles. The number of nitrogens with zero attached hydrogens (tertiary/aromatic N) is 2. The molecule has 96 valence electrons. The summed E-state index contributed by atoms with van der Waals surface area (Å²) < 4.78 is 3.73. The zero-order valence-electron chi connectivity index (χ0n) is 10.5. The highest BCUT2D eigenvalue weighted by molar-refractivity contribution is 6.24. The Balaban J connectivity index is 2.37. The fourth-order valence-electron chi connectivity index (χ4n) is 1.69. The Bertz CT molecular complexity index is 577. The maximum atomic E-state index is 5.64. The molecule has 0 amide bonds. The van der Waals surface area contributed by atoms with Crippen molar-refractivity contribution in [2.24, 2.45) is 9.50 Å². The van der Waals surface area contributed by atoms with Gasteiger partial charge in [-0.15, -0.1) is 0 Å². The van der Waals surface area contributed by atoms with Crippen molar-refractivity contribution in [1.82, 2.24) is 5.32 Å². The fourth-order valence-corrected chi connectivity index (χ4v) is 1.82. The molecule has 0 radical (unpaired) electrons. The lowest BCUT2D eigenvalue weighted by molar-refractivity contribution is 1.17. The van der Waals surface area contributed by atoms with Gasteiger partial charge in [-0.2, -0.15) is 4.51 Å². The molecule has 0 aliphatic heterocycles. The van der Waals surface area contributed by atoms with Crippen molar-refractivity contribution in [2.75, 3.05) is 7.05 Å². The number of aliphatic imine (C=N–C) groups is 1. The van der Waals surface area contributed by atoms with Gasteiger partial charge in [0.15, 0.2) is 5.84 Å². The van der Waals surface area contributed by atoms with Gasteiger partial charge < -0.3 is 5.32 Å². The van der Waals surface area contributed by atoms with E-state index in [1.807, 2.05) is 67.7 Å². The highest BCUT2D eigenvalue weighted by Gasteiger charge is 2.05. The topological polar surface area (TPSA) is 36.8 Å². The molecule has 19 heavy (non-hydrogen) atoms. The number of benzene rings is 2. The second-order valence-electron chi connectivity index (χ2n) is 3.85. The molecule has 0 saturated carbocycles. The van der Waals surface area contributed by atoms with Crippen molar-refractivity contribution in [3.8, 4) is 0 Å². The van der Waals surface area contributed by atoms with Crippen molar-refractivity contribution in [1.29, 1.82) is 0 Å². The molecule has 0 fully saturated rings. The Morgan fingerprint density at radius 3 is 1.89 bits per heavy atom. The van der Waals surface area contributed by atoms with Crippen LogP contribution in [0.5, 0.6) is 0 Å². The standard InChI is InChI=1S/C15H14ClN3/c1-17-14(12-8-4-2-5-9-12)18-15(19-16)13-10-6-3-7-11-13/h2-11H,1H3,(H,17,18,19). The normalized spacial score (nSPS) is 12.3. The largest absolute Gasteiger partial charge is 0.373 e. The smallest absolute Gasteiger partial charge is 0.175 e. The van der Waals surface area contributed by atoms with Gasteiger partial charge in [0, 0.05) is 30.0 Å². The molecule has 0 aliphatic rings. The van der Waals surface area contributed by atoms with E-state index in [2.05, 4.69) is 14.8 Å². The van der Waals surface area contributed by atoms with Crippen LogP contribution in [-0.4, -0.2) is 18.7 Å². The molecular weight excluding hydrogens is 258 g/mol. The molecule has 0 aliphatic carbocycles. The second kappa shape index (κ2) is 6.71. The lowest BCUT2D eigenvalue weighted by atomic mass is 10.2. The molecule has 0 bridgehead atoms. The van der Waals surface area contributed by atoms with Crippen LogP contribution >= 0.6 is 11.8 Å². The summed E-state index contributed by atoms with van der Waals surface area (Å²) in [5.41, 5.74) is 1.86. The van der Waals surface area contributed by atoms with Gasteiger partial charge in [0.25, 0.3) is 0 Å². The first-order valence-electron chi connectivity index (χ1n) is 5.91. The van der Waals surface area contributed by atoms with Crippen molar-refractivity contribution >= 4 is 23.4 Å². The molecule has 0 atom stereocenters. The molecule has 0 aromatic heterocycles. The van der Waals surface area contributed by atoms with Gasteiger partial charge in [-0.1, -0.05) is 60.7 Å². The summed E-state index contributed by atoms with van der Waals surface area (Å²) in [6, 6.07) is 19.5. The quantitative estimate of drug-likeness (QED) is 0.661. The van der Waals surface area contributed by atoms with E-state index in [1.54, 1.807) is 0 Å². The van der Waals surface area contributed by atoms with Crippen LogP contribution in [0.25, 0.3) is 0 Å². The number of rotatable bonds is 2. The summed E-state index contributed by atoms with van der Waals surface area (Å²) >= 11 is 5.64. The Morgan fingerprint density at radius 2 is 1.42 bits per heavy atom. The van der Waals surface area contributed by atoms with Gasteiger partial charge in [-0.05, 0) is 0 Å². The SMILES string of the molecule is CN/C(=N\C(=N/Cl)c1ccccc1)c1ccccc1. The Labute approximate surface area is 117 Å². The van der Waals surface area contributed by atoms with E-state index in [1.165, 1.54) is 0 Å². The summed E-state index contributed by atoms with van der Waals surface area (Å²) in [6.45, 7) is 0. The highest BCUT2D eigenvalue weighted by atomic mass is 35.5. The average Bonchev–Trinajstić information content (AvgIpc) is 2.50. The molecule has 4 heteroatoms. The number of hydrogen-bond acceptors (Lipinski definition) is 1. The van der Waals surface area contributed by atoms with E-state index < -0.39 is 0 Å². The van der Waals surface area contributed by atoms with Crippen LogP contribution in [0, 0.1) is 0 Å². The monoisotopic (exact) mass is 271 g/mol. The highest BCUT2D eigenvalue weighted by Crippen LogP contribution is 2.06. The van der Waals surface area contributed by atoms with Crippen LogP contribution in [0.3, 0.4) is 0 Å². The summed E-state index contributed by atoms with van der Waals surface area (Å²) in [6.07, 6.45) is 0. The third-order valence-corrected chi connectivity index (χ3v) is 2.77. The summed E-state index contributed by atoms with van der Waals surface area (Å²) in [5.74, 6) is 1.21. The summed E-state index contributed by atoms with van der Waals surface area (Å²) in [7, 11) is 1.82. The first-order valence-corrected chi connectivity index (χ1v) is 6.25. The van der Waals surface area contributed by atoms with Crippen LogP contribution in [0.2, 0.25) is 0 Å². The van der Waals surface area contributed by atoms with E-state index in [4.69, 9.17) is 11.8 Å². The summed E-state index contributed by atoms with van der Waals surface area (Å²) in [4.78, 5) is 4.48. The van der Waals surface area contributed by atoms with Gasteiger partial charge in [-0.3, -0.25) is 0 Å². The minimum atomic E-state index is 0.482. The Morgan fingerprint density at radius 1 is 0.895 bits per heavy atom. The van der Waals surface area contributed by atoms with Crippen LogP contribution < -0.4 is 5.32 Å². The van der Waals surface area contributed by atoms with Crippen molar-refractivity contribution in [3.05, 3.63) is 71.8 Å². The third-order valence-electron chi connectivity index (χ3n) is 2.61. The average molecular weight is 272 g/mol. The second-order valence-corrected chi connectivity index (χ2v) is 4.02. The predicted octanol–water partition coefficient (Wildman–Crippen LogP) is 3.25. The first-order chi connectivity index (χ1) is 9.35. The molecule has 2 rings (SSSR count). The van der Waals surface area contributed by atoms with Crippen LogP contribution in [0.4, 0.5) is 0 Å². The van der Waals surface area contributed by atoms with Crippen LogP contribution in [0.1, 0.15) is 11.1 Å². The molecule has 0 unspecified atom stereocenters. The van der Waals surface area contributed by atoms with E-state index in [9.17, 15) is 0 Å². The number of amidine groups is 2. The Kier molecular flexibility index (Phi) is 4.70. The van der Waals surface area contributed by atoms with Gasteiger partial charge >= 0.3 is 0 Å². The molecule has 2 aromatic rings. The predicted molar refractivity (Wildman–Crippen MR) is 80.9 cm³/mol. The van der Waals surface area contributed by atoms with Gasteiger partial charge in [0.2, 0.25) is 0 Å². The van der Waals surface area contributed by atoms with E-state index in [0.717, 1.165) is 17.0 Å². The van der Waals surface area contributed by atoms with Crippen molar-refractivity contribution in [2.45, 2.75) is 0 Å². The molecule has 1 N–H and O–H groups in total. The molecular formula is C15H14ClN3. The zero-order chi connectivity index (χ0) is 13.5. The minimum absolute atomic E-state index is 0.482. The van der Waals surface area contributed by atoms with Crippen LogP contribution in [0.15, 0.2) is 70.2 Å². The molecule has 0 saturated heterocycles. The zero-order valence-corrected chi connectivity index (χ0v) is 11.3. The van der Waals surface area contributed by atoms with E-state index in [-0.39, 0.29) is 0 Å². The van der Waals surface area contributed by atoms with Gasteiger partial charge in [0.05, 0.1) is 0 Å². The lowest BCUT2D eigenvalue weighted by Gasteiger charge is -2.06. The fraction of sp³-hybridized carbons (Fsp3) is 0.0667. The molecule has 3 nitrogen and oxygen atoms in total. The van der Waals surface area contributed by atoms with Gasteiger partial charge in [-0.25, -0.2) is 4.99 Å². The lowest BCUT2D eigenvalue weighted by Crippen LogP contribution is -2.21. The van der Waals surface area contributed by atoms with Crippen molar-refractivity contribution in [3.63, 3.8) is 0 Å². The Hall–Kier alpha value is -2.13. The maximum absolute atomic E-state index is 5.64. The number of nitrogens with one attached hydrogen (secondary N) is 1. The van der Waals surface area contributed by atoms with E-state index in [0.29, 0.717) is 5.84 Å². The van der Waals surface area contributed by atoms with Crippen LogP contribution in [-0.2, 0) is 0 Å². The van der Waals surface area contributed by atoms with Gasteiger partial charge in [0.1, 0.15) is 5.84 Å².